The lowest BCUT2D eigenvalue weighted by Gasteiger charge is -2.19. The summed E-state index contributed by atoms with van der Waals surface area (Å²) in [7, 11) is 1.35. The van der Waals surface area contributed by atoms with Gasteiger partial charge < -0.3 is 36.1 Å². The number of hydrogen-bond acceptors (Lipinski definition) is 7. The predicted molar refractivity (Wildman–Crippen MR) is 133 cm³/mol. The Hall–Kier alpha value is -3.74. The van der Waals surface area contributed by atoms with Crippen molar-refractivity contribution in [2.24, 2.45) is 5.41 Å². The van der Waals surface area contributed by atoms with E-state index < -0.39 is 41.6 Å². The van der Waals surface area contributed by atoms with Crippen molar-refractivity contribution >= 4 is 43.1 Å². The van der Waals surface area contributed by atoms with Gasteiger partial charge in [-0.05, 0) is 5.56 Å². The third-order valence-corrected chi connectivity index (χ3v) is 4.57. The van der Waals surface area contributed by atoms with E-state index in [1.54, 1.807) is 45.0 Å². The first-order valence-corrected chi connectivity index (χ1v) is 11.4. The van der Waals surface area contributed by atoms with Crippen molar-refractivity contribution in [3.8, 4) is 0 Å². The maximum absolute atomic E-state index is 12.7. The summed E-state index contributed by atoms with van der Waals surface area (Å²) in [5.41, 5.74) is -0.0782. The molecule has 36 heavy (non-hydrogen) atoms. The summed E-state index contributed by atoms with van der Waals surface area (Å²) in [6, 6.07) is 7.93. The lowest BCUT2D eigenvalue weighted by molar-refractivity contribution is -0.132. The summed E-state index contributed by atoms with van der Waals surface area (Å²) in [5.74, 6) is -2.63. The average molecular weight is 503 g/mol. The van der Waals surface area contributed by atoms with Gasteiger partial charge in [-0.1, -0.05) is 51.1 Å². The first-order chi connectivity index (χ1) is 16.9. The standard InChI is InChI=1S/C23H34BN5O7/c1-23(2,3)22(35)27-11-18(31)25-12-20(33)29-16(9-15-7-5-4-6-8-15)21(34)26-10-19(32)28-14-36-13-17(24)30/h4-8,16H,9-14,24H2,1-3H3,(H,25,31)(H,26,34)(H,27,35)(H,28,32)(H,29,33)/t16-/m0/s1. The van der Waals surface area contributed by atoms with Crippen LogP contribution in [0.4, 0.5) is 0 Å². The van der Waals surface area contributed by atoms with Crippen molar-refractivity contribution in [1.82, 2.24) is 26.6 Å². The van der Waals surface area contributed by atoms with Gasteiger partial charge in [-0.15, -0.1) is 0 Å². The zero-order chi connectivity index (χ0) is 27.1. The van der Waals surface area contributed by atoms with Crippen LogP contribution in [0.2, 0.25) is 0 Å². The summed E-state index contributed by atoms with van der Waals surface area (Å²) >= 11 is 0. The van der Waals surface area contributed by atoms with E-state index in [2.05, 4.69) is 26.6 Å². The second-order valence-electron chi connectivity index (χ2n) is 9.03. The Morgan fingerprint density at radius 2 is 1.42 bits per heavy atom. The Kier molecular flexibility index (Phi) is 12.9. The van der Waals surface area contributed by atoms with E-state index in [-0.39, 0.29) is 44.4 Å². The molecule has 5 N–H and O–H groups in total. The molecule has 0 spiro atoms. The molecule has 1 rings (SSSR count). The SMILES string of the molecule is BC(=O)COCNC(=O)CNC(=O)[C@H](Cc1ccccc1)NC(=O)CNC(=O)CNC(=O)C(C)(C)C. The van der Waals surface area contributed by atoms with Gasteiger partial charge in [0.05, 0.1) is 26.2 Å². The molecule has 196 valence electrons. The van der Waals surface area contributed by atoms with E-state index in [1.807, 2.05) is 6.07 Å². The van der Waals surface area contributed by atoms with Gasteiger partial charge in [0.1, 0.15) is 18.5 Å². The third kappa shape index (κ3) is 13.2. The Labute approximate surface area is 211 Å². The molecule has 1 atom stereocenters. The summed E-state index contributed by atoms with van der Waals surface area (Å²) in [4.78, 5) is 71.6. The van der Waals surface area contributed by atoms with Gasteiger partial charge in [-0.25, -0.2) is 0 Å². The van der Waals surface area contributed by atoms with E-state index >= 15 is 0 Å². The first-order valence-electron chi connectivity index (χ1n) is 11.4. The molecule has 0 saturated heterocycles. The highest BCUT2D eigenvalue weighted by atomic mass is 16.5. The zero-order valence-electron chi connectivity index (χ0n) is 21.1. The van der Waals surface area contributed by atoms with Gasteiger partial charge in [-0.2, -0.15) is 0 Å². The summed E-state index contributed by atoms with van der Waals surface area (Å²) in [6.07, 6.45) is 0.150. The van der Waals surface area contributed by atoms with E-state index in [0.29, 0.717) is 0 Å². The highest BCUT2D eigenvalue weighted by Crippen LogP contribution is 2.11. The van der Waals surface area contributed by atoms with Crippen molar-refractivity contribution in [3.05, 3.63) is 35.9 Å². The Morgan fingerprint density at radius 3 is 2.03 bits per heavy atom. The van der Waals surface area contributed by atoms with Crippen LogP contribution in [0.15, 0.2) is 30.3 Å². The number of hydrogen-bond donors (Lipinski definition) is 5. The number of rotatable bonds is 14. The maximum atomic E-state index is 12.7. The number of ether oxygens (including phenoxy) is 1. The van der Waals surface area contributed by atoms with Crippen LogP contribution in [-0.2, 0) is 39.9 Å². The van der Waals surface area contributed by atoms with Crippen LogP contribution in [0, 0.1) is 5.41 Å². The Bertz CT molecular complexity index is 935. The van der Waals surface area contributed by atoms with Crippen molar-refractivity contribution in [1.29, 1.82) is 0 Å². The Balaban J connectivity index is 2.59. The van der Waals surface area contributed by atoms with E-state index in [0.717, 1.165) is 5.56 Å². The number of nitrogens with one attached hydrogen (secondary N) is 5. The molecule has 0 bridgehead atoms. The lowest BCUT2D eigenvalue weighted by Crippen LogP contribution is -2.52. The number of benzene rings is 1. The van der Waals surface area contributed by atoms with Crippen LogP contribution in [0.1, 0.15) is 26.3 Å². The van der Waals surface area contributed by atoms with Gasteiger partial charge in [-0.3, -0.25) is 24.0 Å². The van der Waals surface area contributed by atoms with Crippen LogP contribution in [-0.4, -0.2) is 82.1 Å². The van der Waals surface area contributed by atoms with Crippen LogP contribution < -0.4 is 26.6 Å². The molecular formula is C23H34BN5O7. The molecule has 13 heteroatoms. The zero-order valence-corrected chi connectivity index (χ0v) is 21.1. The van der Waals surface area contributed by atoms with Gasteiger partial charge in [0.15, 0.2) is 7.85 Å². The van der Waals surface area contributed by atoms with Gasteiger partial charge >= 0.3 is 0 Å². The highest BCUT2D eigenvalue weighted by Gasteiger charge is 2.23. The average Bonchev–Trinajstić information content (AvgIpc) is 2.81. The van der Waals surface area contributed by atoms with Crippen LogP contribution >= 0.6 is 0 Å². The molecule has 0 unspecified atom stereocenters. The quantitative estimate of drug-likeness (QED) is 0.105. The van der Waals surface area contributed by atoms with Gasteiger partial charge in [0, 0.05) is 11.8 Å². The summed E-state index contributed by atoms with van der Waals surface area (Å²) in [6.45, 7) is 3.73. The number of amides is 5. The fourth-order valence-electron chi connectivity index (χ4n) is 2.65. The molecule has 0 aliphatic heterocycles. The fraction of sp³-hybridized carbons (Fsp3) is 0.478. The maximum Gasteiger partial charge on any atom is 0.243 e. The molecule has 0 fully saturated rings. The van der Waals surface area contributed by atoms with Crippen molar-refractivity contribution in [2.75, 3.05) is 33.0 Å². The van der Waals surface area contributed by atoms with Crippen LogP contribution in [0.5, 0.6) is 0 Å². The molecule has 1 aromatic carbocycles. The number of carbonyl (C=O) groups is 6. The minimum Gasteiger partial charge on any atom is -0.354 e. The van der Waals surface area contributed by atoms with Gasteiger partial charge in [0.2, 0.25) is 29.5 Å². The van der Waals surface area contributed by atoms with E-state index in [9.17, 15) is 28.8 Å². The predicted octanol–water partition coefficient (Wildman–Crippen LogP) is -2.64. The summed E-state index contributed by atoms with van der Waals surface area (Å²) in [5, 5.41) is 12.3. The third-order valence-electron chi connectivity index (χ3n) is 4.57. The van der Waals surface area contributed by atoms with E-state index in [1.165, 1.54) is 7.85 Å². The molecule has 0 saturated carbocycles. The first kappa shape index (κ1) is 30.3. The van der Waals surface area contributed by atoms with E-state index in [4.69, 9.17) is 4.74 Å². The van der Waals surface area contributed by atoms with Crippen LogP contribution in [0.25, 0.3) is 0 Å². The molecule has 5 amide bonds. The molecule has 0 aliphatic rings. The second kappa shape index (κ2) is 15.3. The normalized spacial score (nSPS) is 11.5. The Morgan fingerprint density at radius 1 is 0.833 bits per heavy atom. The molecule has 12 nitrogen and oxygen atoms in total. The summed E-state index contributed by atoms with van der Waals surface area (Å²) < 4.78 is 4.94. The lowest BCUT2D eigenvalue weighted by atomic mass is 9.96. The smallest absolute Gasteiger partial charge is 0.243 e. The molecule has 1 aromatic rings. The fourth-order valence-corrected chi connectivity index (χ4v) is 2.65. The van der Waals surface area contributed by atoms with Crippen molar-refractivity contribution < 1.29 is 33.5 Å². The van der Waals surface area contributed by atoms with Crippen LogP contribution in [0.3, 0.4) is 0 Å². The highest BCUT2D eigenvalue weighted by molar-refractivity contribution is 6.58. The van der Waals surface area contributed by atoms with Gasteiger partial charge in [0.25, 0.3) is 0 Å². The minimum absolute atomic E-state index is 0.142. The molecule has 0 aromatic heterocycles. The largest absolute Gasteiger partial charge is 0.354 e. The minimum atomic E-state index is -1.01. The van der Waals surface area contributed by atoms with Crippen molar-refractivity contribution in [2.45, 2.75) is 33.2 Å². The molecule has 0 radical (unpaired) electrons. The monoisotopic (exact) mass is 503 g/mol. The molecular weight excluding hydrogens is 469 g/mol. The van der Waals surface area contributed by atoms with Crippen molar-refractivity contribution in [3.63, 3.8) is 0 Å². The molecule has 0 aliphatic carbocycles. The number of carbonyl (C=O) groups excluding carboxylic acids is 6. The molecule has 0 heterocycles. The second-order valence-corrected chi connectivity index (χ2v) is 9.03. The topological polar surface area (TPSA) is 172 Å².